The number of aryl methyl sites for hydroxylation is 1. The Kier molecular flexibility index (Phi) is 2.49. The van der Waals surface area contributed by atoms with Crippen molar-refractivity contribution in [2.24, 2.45) is 0 Å². The zero-order chi connectivity index (χ0) is 13.6. The molecule has 3 aromatic rings. The minimum absolute atomic E-state index is 0.00460. The van der Waals surface area contributed by atoms with Gasteiger partial charge in [0.15, 0.2) is 0 Å². The Morgan fingerprint density at radius 3 is 2.42 bits per heavy atom. The summed E-state index contributed by atoms with van der Waals surface area (Å²) in [6.07, 6.45) is 7.92. The third-order valence-electron chi connectivity index (χ3n) is 3.31. The molecule has 19 heavy (non-hydrogen) atoms. The van der Waals surface area contributed by atoms with Crippen LogP contribution in [0.1, 0.15) is 26.3 Å². The van der Waals surface area contributed by atoms with Crippen LogP contribution in [0.25, 0.3) is 16.6 Å². The van der Waals surface area contributed by atoms with Gasteiger partial charge in [-0.3, -0.25) is 4.68 Å². The summed E-state index contributed by atoms with van der Waals surface area (Å²) in [5.41, 5.74) is 4.59. The molecule has 0 saturated heterocycles. The average molecular weight is 254 g/mol. The standard InChI is InChI=1S/C15H18N4/c1-11-7-16-18-9-12(5-6-14(11)18)13-8-17-19(10-13)15(2,3)4/h5-10H,1-4H3. The van der Waals surface area contributed by atoms with Gasteiger partial charge >= 0.3 is 0 Å². The van der Waals surface area contributed by atoms with Gasteiger partial charge in [-0.05, 0) is 39.3 Å². The lowest BCUT2D eigenvalue weighted by Crippen LogP contribution is -2.21. The first-order valence-electron chi connectivity index (χ1n) is 6.45. The summed E-state index contributed by atoms with van der Waals surface area (Å²) >= 11 is 0. The van der Waals surface area contributed by atoms with Crippen LogP contribution in [0.3, 0.4) is 0 Å². The highest BCUT2D eigenvalue weighted by molar-refractivity contribution is 5.65. The topological polar surface area (TPSA) is 35.1 Å². The van der Waals surface area contributed by atoms with E-state index in [2.05, 4.69) is 56.2 Å². The van der Waals surface area contributed by atoms with Crippen molar-refractivity contribution in [3.8, 4) is 11.1 Å². The van der Waals surface area contributed by atoms with Gasteiger partial charge in [-0.15, -0.1) is 0 Å². The fourth-order valence-electron chi connectivity index (χ4n) is 2.12. The van der Waals surface area contributed by atoms with Crippen molar-refractivity contribution in [1.82, 2.24) is 19.4 Å². The predicted molar refractivity (Wildman–Crippen MR) is 76.1 cm³/mol. The van der Waals surface area contributed by atoms with Crippen LogP contribution in [0.2, 0.25) is 0 Å². The second kappa shape index (κ2) is 3.95. The van der Waals surface area contributed by atoms with E-state index in [0.29, 0.717) is 0 Å². The highest BCUT2D eigenvalue weighted by Crippen LogP contribution is 2.23. The van der Waals surface area contributed by atoms with Gasteiger partial charge in [-0.25, -0.2) is 4.52 Å². The Hall–Kier alpha value is -2.10. The number of nitrogens with zero attached hydrogens (tertiary/aromatic N) is 4. The van der Waals surface area contributed by atoms with Crippen molar-refractivity contribution in [2.75, 3.05) is 0 Å². The highest BCUT2D eigenvalue weighted by Gasteiger charge is 2.14. The van der Waals surface area contributed by atoms with Crippen molar-refractivity contribution >= 4 is 5.52 Å². The zero-order valence-electron chi connectivity index (χ0n) is 11.8. The maximum atomic E-state index is 4.44. The van der Waals surface area contributed by atoms with Crippen LogP contribution in [-0.2, 0) is 5.54 Å². The van der Waals surface area contributed by atoms with E-state index >= 15 is 0 Å². The van der Waals surface area contributed by atoms with E-state index in [4.69, 9.17) is 0 Å². The van der Waals surface area contributed by atoms with Gasteiger partial charge in [0.1, 0.15) is 0 Å². The van der Waals surface area contributed by atoms with Crippen LogP contribution in [-0.4, -0.2) is 19.4 Å². The summed E-state index contributed by atoms with van der Waals surface area (Å²) in [4.78, 5) is 0. The quantitative estimate of drug-likeness (QED) is 0.668. The molecule has 3 aromatic heterocycles. The molecule has 0 aliphatic rings. The van der Waals surface area contributed by atoms with Crippen LogP contribution in [0.5, 0.6) is 0 Å². The van der Waals surface area contributed by atoms with Gasteiger partial charge in [0.05, 0.1) is 23.4 Å². The van der Waals surface area contributed by atoms with Gasteiger partial charge in [0, 0.05) is 23.5 Å². The van der Waals surface area contributed by atoms with Crippen LogP contribution in [0.4, 0.5) is 0 Å². The first-order chi connectivity index (χ1) is 8.95. The Morgan fingerprint density at radius 2 is 1.74 bits per heavy atom. The van der Waals surface area contributed by atoms with E-state index < -0.39 is 0 Å². The molecule has 3 heterocycles. The molecule has 0 saturated carbocycles. The zero-order valence-corrected chi connectivity index (χ0v) is 11.8. The number of aromatic nitrogens is 4. The van der Waals surface area contributed by atoms with Crippen molar-refractivity contribution in [1.29, 1.82) is 0 Å². The second-order valence-electron chi connectivity index (χ2n) is 5.92. The Bertz CT molecular complexity index is 728. The summed E-state index contributed by atoms with van der Waals surface area (Å²) in [6, 6.07) is 4.22. The molecule has 0 spiro atoms. The van der Waals surface area contributed by atoms with Crippen molar-refractivity contribution in [3.63, 3.8) is 0 Å². The molecule has 0 aliphatic heterocycles. The van der Waals surface area contributed by atoms with Crippen LogP contribution < -0.4 is 0 Å². The largest absolute Gasteiger partial charge is 0.267 e. The van der Waals surface area contributed by atoms with E-state index in [9.17, 15) is 0 Å². The number of pyridine rings is 1. The maximum absolute atomic E-state index is 4.44. The van der Waals surface area contributed by atoms with Gasteiger partial charge < -0.3 is 0 Å². The van der Waals surface area contributed by atoms with Crippen LogP contribution in [0.15, 0.2) is 36.9 Å². The molecule has 3 rings (SSSR count). The number of hydrogen-bond acceptors (Lipinski definition) is 2. The molecule has 0 fully saturated rings. The Morgan fingerprint density at radius 1 is 0.947 bits per heavy atom. The molecule has 0 radical (unpaired) electrons. The third-order valence-corrected chi connectivity index (χ3v) is 3.31. The smallest absolute Gasteiger partial charge is 0.0691 e. The molecule has 0 unspecified atom stereocenters. The molecule has 0 N–H and O–H groups in total. The lowest BCUT2D eigenvalue weighted by atomic mass is 10.1. The van der Waals surface area contributed by atoms with Gasteiger partial charge in [0.25, 0.3) is 0 Å². The maximum Gasteiger partial charge on any atom is 0.0691 e. The van der Waals surface area contributed by atoms with E-state index in [1.165, 1.54) is 5.56 Å². The molecular formula is C15H18N4. The lowest BCUT2D eigenvalue weighted by Gasteiger charge is -2.18. The molecule has 4 nitrogen and oxygen atoms in total. The normalized spacial score (nSPS) is 12.2. The molecule has 0 bridgehead atoms. The van der Waals surface area contributed by atoms with E-state index in [-0.39, 0.29) is 5.54 Å². The summed E-state index contributed by atoms with van der Waals surface area (Å²) in [7, 11) is 0. The monoisotopic (exact) mass is 254 g/mol. The van der Waals surface area contributed by atoms with Crippen LogP contribution >= 0.6 is 0 Å². The molecule has 0 atom stereocenters. The molecule has 0 aromatic carbocycles. The summed E-state index contributed by atoms with van der Waals surface area (Å²) in [6.45, 7) is 8.50. The highest BCUT2D eigenvalue weighted by atomic mass is 15.3. The molecule has 0 amide bonds. The van der Waals surface area contributed by atoms with Crippen molar-refractivity contribution in [3.05, 3.63) is 42.5 Å². The average Bonchev–Trinajstić information content (AvgIpc) is 2.95. The fourth-order valence-corrected chi connectivity index (χ4v) is 2.12. The summed E-state index contributed by atoms with van der Waals surface area (Å²) < 4.78 is 3.90. The second-order valence-corrected chi connectivity index (χ2v) is 5.92. The van der Waals surface area contributed by atoms with Gasteiger partial charge in [-0.2, -0.15) is 10.2 Å². The van der Waals surface area contributed by atoms with Gasteiger partial charge in [-0.1, -0.05) is 6.07 Å². The summed E-state index contributed by atoms with van der Waals surface area (Å²) in [5.74, 6) is 0. The minimum atomic E-state index is 0.00460. The van der Waals surface area contributed by atoms with Crippen LogP contribution in [0, 0.1) is 6.92 Å². The Balaban J connectivity index is 2.06. The fraction of sp³-hybridized carbons (Fsp3) is 0.333. The molecule has 4 heteroatoms. The van der Waals surface area contributed by atoms with E-state index in [1.54, 1.807) is 0 Å². The first-order valence-corrected chi connectivity index (χ1v) is 6.45. The number of hydrogen-bond donors (Lipinski definition) is 0. The third kappa shape index (κ3) is 2.03. The lowest BCUT2D eigenvalue weighted by molar-refractivity contribution is 0.355. The van der Waals surface area contributed by atoms with Gasteiger partial charge in [0.2, 0.25) is 0 Å². The number of rotatable bonds is 1. The summed E-state index contributed by atoms with van der Waals surface area (Å²) in [5, 5.41) is 8.79. The first kappa shape index (κ1) is 12.0. The SMILES string of the molecule is Cc1cnn2cc(-c3cnn(C(C)(C)C)c3)ccc12. The van der Waals surface area contributed by atoms with E-state index in [0.717, 1.165) is 16.6 Å². The minimum Gasteiger partial charge on any atom is -0.267 e. The molecule has 0 aliphatic carbocycles. The molecule has 98 valence electrons. The van der Waals surface area contributed by atoms with Crippen molar-refractivity contribution < 1.29 is 0 Å². The Labute approximate surface area is 112 Å². The number of fused-ring (bicyclic) bond motifs is 1. The van der Waals surface area contributed by atoms with Crippen molar-refractivity contribution in [2.45, 2.75) is 33.2 Å². The van der Waals surface area contributed by atoms with E-state index in [1.807, 2.05) is 27.8 Å². The predicted octanol–water partition coefficient (Wildman–Crippen LogP) is 3.26. The molecular weight excluding hydrogens is 236 g/mol.